The highest BCUT2D eigenvalue weighted by molar-refractivity contribution is 4.74. The van der Waals surface area contributed by atoms with E-state index in [0.29, 0.717) is 19.0 Å². The standard InChI is InChI=1S/C13H24N2O2/c1-2-11(13-6-4-10-15(13)17)7-8-12-5-3-9-14(12)16/h11-13H,2-10H2,1H3/q+2. The smallest absolute Gasteiger partial charge is 0.0649 e. The highest BCUT2D eigenvalue weighted by atomic mass is 16.3. The van der Waals surface area contributed by atoms with E-state index in [-0.39, 0.29) is 12.1 Å². The fourth-order valence-electron chi connectivity index (χ4n) is 3.41. The summed E-state index contributed by atoms with van der Waals surface area (Å²) in [7, 11) is 0. The van der Waals surface area contributed by atoms with Crippen molar-refractivity contribution in [2.24, 2.45) is 5.92 Å². The molecule has 3 atom stereocenters. The Morgan fingerprint density at radius 3 is 2.35 bits per heavy atom. The van der Waals surface area contributed by atoms with E-state index in [1.165, 1.54) is 9.52 Å². The summed E-state index contributed by atoms with van der Waals surface area (Å²) < 4.78 is 2.52. The van der Waals surface area contributed by atoms with Crippen LogP contribution in [0, 0.1) is 15.7 Å². The quantitative estimate of drug-likeness (QED) is 0.693. The second kappa shape index (κ2) is 5.69. The Morgan fingerprint density at radius 1 is 1.12 bits per heavy atom. The molecular formula is C13H24N2O2+2. The van der Waals surface area contributed by atoms with Gasteiger partial charge in [-0.25, -0.2) is 0 Å². The molecule has 2 aliphatic heterocycles. The number of hydrogen-bond acceptors (Lipinski definition) is 2. The van der Waals surface area contributed by atoms with Crippen molar-refractivity contribution in [2.75, 3.05) is 13.1 Å². The van der Waals surface area contributed by atoms with E-state index >= 15 is 0 Å². The van der Waals surface area contributed by atoms with Crippen molar-refractivity contribution < 1.29 is 9.52 Å². The largest absolute Gasteiger partial charge is 0.204 e. The van der Waals surface area contributed by atoms with E-state index in [9.17, 15) is 9.81 Å². The van der Waals surface area contributed by atoms with Gasteiger partial charge in [0, 0.05) is 57.4 Å². The normalized spacial score (nSPS) is 31.1. The third kappa shape index (κ3) is 2.90. The molecular weight excluding hydrogens is 216 g/mol. The Balaban J connectivity index is 1.83. The summed E-state index contributed by atoms with van der Waals surface area (Å²) >= 11 is 0. The molecule has 0 radical (unpaired) electrons. The van der Waals surface area contributed by atoms with Crippen molar-refractivity contribution >= 4 is 0 Å². The SMILES string of the molecule is CCC(CCC1CCC[N+]1=O)C1CCC[N+]1=O. The number of nitrogens with zero attached hydrogens (tertiary/aromatic N) is 2. The van der Waals surface area contributed by atoms with Crippen LogP contribution in [0.2, 0.25) is 0 Å². The zero-order valence-electron chi connectivity index (χ0n) is 10.8. The van der Waals surface area contributed by atoms with Gasteiger partial charge in [0.25, 0.3) is 0 Å². The molecule has 0 N–H and O–H groups in total. The number of nitroso groups, excluding NO2 is 2. The van der Waals surface area contributed by atoms with Gasteiger partial charge in [-0.3, -0.25) is 0 Å². The maximum atomic E-state index is 11.7. The van der Waals surface area contributed by atoms with E-state index < -0.39 is 0 Å². The molecule has 2 aliphatic rings. The lowest BCUT2D eigenvalue weighted by molar-refractivity contribution is -0.576. The van der Waals surface area contributed by atoms with Crippen LogP contribution in [0.25, 0.3) is 0 Å². The van der Waals surface area contributed by atoms with Gasteiger partial charge in [0.05, 0.1) is 0 Å². The molecule has 0 aromatic heterocycles. The molecule has 2 heterocycles. The zero-order valence-corrected chi connectivity index (χ0v) is 10.8. The van der Waals surface area contributed by atoms with Crippen LogP contribution in [0.5, 0.6) is 0 Å². The monoisotopic (exact) mass is 240 g/mol. The van der Waals surface area contributed by atoms with Crippen molar-refractivity contribution in [1.82, 2.24) is 0 Å². The molecule has 2 saturated heterocycles. The summed E-state index contributed by atoms with van der Waals surface area (Å²) in [6.45, 7) is 3.58. The highest BCUT2D eigenvalue weighted by Gasteiger charge is 2.39. The van der Waals surface area contributed by atoms with Crippen molar-refractivity contribution in [3.8, 4) is 0 Å². The summed E-state index contributed by atoms with van der Waals surface area (Å²) in [5, 5.41) is 0. The van der Waals surface area contributed by atoms with Gasteiger partial charge < -0.3 is 0 Å². The minimum absolute atomic E-state index is 0.224. The van der Waals surface area contributed by atoms with Crippen molar-refractivity contribution in [3.63, 3.8) is 0 Å². The second-order valence-corrected chi connectivity index (χ2v) is 5.53. The molecule has 0 amide bonds. The number of rotatable bonds is 5. The third-order valence-corrected chi connectivity index (χ3v) is 4.51. The van der Waals surface area contributed by atoms with Crippen LogP contribution in [0.15, 0.2) is 0 Å². The predicted octanol–water partition coefficient (Wildman–Crippen LogP) is 2.68. The van der Waals surface area contributed by atoms with Gasteiger partial charge in [-0.05, 0) is 12.8 Å². The molecule has 3 unspecified atom stereocenters. The van der Waals surface area contributed by atoms with E-state index in [2.05, 4.69) is 6.92 Å². The van der Waals surface area contributed by atoms with Gasteiger partial charge in [-0.1, -0.05) is 6.92 Å². The molecule has 0 bridgehead atoms. The summed E-state index contributed by atoms with van der Waals surface area (Å²) in [6, 6.07) is 0.451. The molecule has 0 aromatic carbocycles. The average molecular weight is 240 g/mol. The van der Waals surface area contributed by atoms with Crippen LogP contribution in [0.3, 0.4) is 0 Å². The lowest BCUT2D eigenvalue weighted by atomic mass is 9.89. The van der Waals surface area contributed by atoms with E-state index in [1.54, 1.807) is 0 Å². The van der Waals surface area contributed by atoms with Gasteiger partial charge >= 0.3 is 0 Å². The van der Waals surface area contributed by atoms with Crippen LogP contribution in [0.4, 0.5) is 0 Å². The number of hydrogen-bond donors (Lipinski definition) is 0. The Labute approximate surface area is 103 Å². The fourth-order valence-corrected chi connectivity index (χ4v) is 3.41. The van der Waals surface area contributed by atoms with E-state index in [1.807, 2.05) is 0 Å². The van der Waals surface area contributed by atoms with Gasteiger partial charge in [-0.2, -0.15) is 0 Å². The minimum atomic E-state index is 0.224. The molecule has 4 heteroatoms. The first kappa shape index (κ1) is 12.7. The van der Waals surface area contributed by atoms with Crippen LogP contribution in [0.1, 0.15) is 51.9 Å². The summed E-state index contributed by atoms with van der Waals surface area (Å²) in [4.78, 5) is 23.2. The minimum Gasteiger partial charge on any atom is -0.0649 e. The Hall–Kier alpha value is -0.800. The van der Waals surface area contributed by atoms with Crippen LogP contribution >= 0.6 is 0 Å². The van der Waals surface area contributed by atoms with Crippen molar-refractivity contribution in [2.45, 2.75) is 64.0 Å². The summed E-state index contributed by atoms with van der Waals surface area (Å²) in [5.41, 5.74) is 0. The van der Waals surface area contributed by atoms with Crippen LogP contribution in [-0.2, 0) is 0 Å². The molecule has 0 saturated carbocycles. The van der Waals surface area contributed by atoms with Crippen molar-refractivity contribution in [3.05, 3.63) is 9.81 Å². The molecule has 2 rings (SSSR count). The van der Waals surface area contributed by atoms with Crippen LogP contribution < -0.4 is 0 Å². The summed E-state index contributed by atoms with van der Waals surface area (Å²) in [6.07, 6.45) is 7.27. The molecule has 0 aliphatic carbocycles. The summed E-state index contributed by atoms with van der Waals surface area (Å²) in [5.74, 6) is 0.490. The topological polar surface area (TPSA) is 40.2 Å². The first-order valence-corrected chi connectivity index (χ1v) is 7.10. The first-order chi connectivity index (χ1) is 8.22. The average Bonchev–Trinajstić information content (AvgIpc) is 2.90. The van der Waals surface area contributed by atoms with Gasteiger partial charge in [0.1, 0.15) is 0 Å². The predicted molar refractivity (Wildman–Crippen MR) is 66.0 cm³/mol. The molecule has 17 heavy (non-hydrogen) atoms. The third-order valence-electron chi connectivity index (χ3n) is 4.51. The zero-order chi connectivity index (χ0) is 12.3. The molecule has 0 aromatic rings. The lowest BCUT2D eigenvalue weighted by Crippen LogP contribution is -2.28. The molecule has 96 valence electrons. The Kier molecular flexibility index (Phi) is 4.24. The first-order valence-electron chi connectivity index (χ1n) is 7.10. The Bertz CT molecular complexity index is 304. The second-order valence-electron chi connectivity index (χ2n) is 5.53. The molecule has 4 nitrogen and oxygen atoms in total. The Morgan fingerprint density at radius 2 is 1.82 bits per heavy atom. The maximum Gasteiger partial charge on any atom is 0.204 e. The highest BCUT2D eigenvalue weighted by Crippen LogP contribution is 2.28. The van der Waals surface area contributed by atoms with Crippen LogP contribution in [-0.4, -0.2) is 34.7 Å². The van der Waals surface area contributed by atoms with Gasteiger partial charge in [0.15, 0.2) is 13.1 Å². The van der Waals surface area contributed by atoms with Gasteiger partial charge in [0.2, 0.25) is 12.1 Å². The maximum absolute atomic E-state index is 11.7. The molecule has 0 spiro atoms. The fraction of sp³-hybridized carbons (Fsp3) is 1.00. The molecule has 2 fully saturated rings. The lowest BCUT2D eigenvalue weighted by Gasteiger charge is -2.15. The van der Waals surface area contributed by atoms with Gasteiger partial charge in [-0.15, -0.1) is 0 Å². The van der Waals surface area contributed by atoms with Crippen molar-refractivity contribution in [1.29, 1.82) is 0 Å². The van der Waals surface area contributed by atoms with E-state index in [0.717, 1.165) is 44.9 Å². The van der Waals surface area contributed by atoms with E-state index in [4.69, 9.17) is 0 Å².